The summed E-state index contributed by atoms with van der Waals surface area (Å²) in [5.74, 6) is -1.27. The van der Waals surface area contributed by atoms with E-state index in [1.165, 1.54) is 10.9 Å². The van der Waals surface area contributed by atoms with Crippen LogP contribution in [0.3, 0.4) is 0 Å². The number of alkyl carbamates (subject to hydrolysis) is 1. The van der Waals surface area contributed by atoms with Gasteiger partial charge >= 0.3 is 12.1 Å². The van der Waals surface area contributed by atoms with E-state index in [0.717, 1.165) is 22.3 Å². The van der Waals surface area contributed by atoms with Gasteiger partial charge in [0.1, 0.15) is 6.61 Å². The second kappa shape index (κ2) is 9.21. The highest BCUT2D eigenvalue weighted by molar-refractivity contribution is 5.84. The number of carbonyl (C=O) groups is 3. The summed E-state index contributed by atoms with van der Waals surface area (Å²) in [6.45, 7) is 2.80. The Kier molecular flexibility index (Phi) is 5.94. The van der Waals surface area contributed by atoms with Crippen molar-refractivity contribution in [3.05, 3.63) is 71.5 Å². The number of carboxylic acid groups (broad SMARTS) is 1. The maximum atomic E-state index is 12.5. The molecule has 180 valence electrons. The van der Waals surface area contributed by atoms with Crippen molar-refractivity contribution in [1.29, 1.82) is 0 Å². The number of hydrogen-bond acceptors (Lipinski definition) is 6. The predicted molar refractivity (Wildman–Crippen MR) is 125 cm³/mol. The van der Waals surface area contributed by atoms with E-state index in [4.69, 9.17) is 9.84 Å². The molecule has 35 heavy (non-hydrogen) atoms. The van der Waals surface area contributed by atoms with Gasteiger partial charge in [0.25, 0.3) is 0 Å². The molecule has 5 rings (SSSR count). The highest BCUT2D eigenvalue weighted by atomic mass is 16.5. The third-order valence-electron chi connectivity index (χ3n) is 6.51. The molecule has 1 fully saturated rings. The first-order valence-electron chi connectivity index (χ1n) is 11.4. The lowest BCUT2D eigenvalue weighted by molar-refractivity contribution is -0.137. The Bertz CT molecular complexity index is 1240. The van der Waals surface area contributed by atoms with Crippen LogP contribution in [0.15, 0.2) is 54.7 Å². The van der Waals surface area contributed by atoms with Crippen LogP contribution in [-0.2, 0) is 9.53 Å². The number of likely N-dealkylation sites (tertiary alicyclic amines) is 1. The summed E-state index contributed by atoms with van der Waals surface area (Å²) < 4.78 is 7.01. The third-order valence-corrected chi connectivity index (χ3v) is 6.51. The van der Waals surface area contributed by atoms with Crippen molar-refractivity contribution in [2.75, 3.05) is 19.7 Å². The van der Waals surface area contributed by atoms with Gasteiger partial charge in [-0.1, -0.05) is 53.7 Å². The van der Waals surface area contributed by atoms with Crippen LogP contribution >= 0.6 is 0 Å². The molecule has 1 unspecified atom stereocenters. The van der Waals surface area contributed by atoms with E-state index < -0.39 is 18.1 Å². The molecule has 0 radical (unpaired) electrons. The fraction of sp³-hybridized carbons (Fsp3) is 0.320. The minimum Gasteiger partial charge on any atom is -0.476 e. The zero-order chi connectivity index (χ0) is 24.5. The lowest BCUT2D eigenvalue weighted by Gasteiger charge is -2.39. The van der Waals surface area contributed by atoms with E-state index in [1.807, 2.05) is 24.3 Å². The van der Waals surface area contributed by atoms with Gasteiger partial charge in [0, 0.05) is 31.5 Å². The molecule has 10 nitrogen and oxygen atoms in total. The first kappa shape index (κ1) is 22.6. The summed E-state index contributed by atoms with van der Waals surface area (Å²) >= 11 is 0. The SMILES string of the molecule is CC(CC(=O)N1CC(n2cc(C(=O)O)nn2)C1)NC(=O)OCC1c2ccccc2-c2ccccc21. The van der Waals surface area contributed by atoms with Gasteiger partial charge in [0.2, 0.25) is 5.91 Å². The lowest BCUT2D eigenvalue weighted by atomic mass is 9.98. The molecule has 1 aliphatic carbocycles. The highest BCUT2D eigenvalue weighted by Gasteiger charge is 2.34. The molecule has 1 atom stereocenters. The first-order chi connectivity index (χ1) is 16.9. The van der Waals surface area contributed by atoms with Crippen molar-refractivity contribution in [2.45, 2.75) is 31.3 Å². The Labute approximate surface area is 201 Å². The second-order valence-electron chi connectivity index (χ2n) is 8.92. The molecular formula is C25H25N5O5. The molecule has 2 aliphatic rings. The van der Waals surface area contributed by atoms with Crippen LogP contribution in [-0.4, -0.2) is 68.7 Å². The van der Waals surface area contributed by atoms with Crippen LogP contribution in [0, 0.1) is 0 Å². The number of hydrogen-bond donors (Lipinski definition) is 2. The minimum absolute atomic E-state index is 0.0264. The number of rotatable bonds is 7. The van der Waals surface area contributed by atoms with Crippen molar-refractivity contribution in [3.63, 3.8) is 0 Å². The molecule has 2 aromatic carbocycles. The molecule has 1 aliphatic heterocycles. The first-order valence-corrected chi connectivity index (χ1v) is 11.4. The van der Waals surface area contributed by atoms with E-state index in [2.05, 4.69) is 39.9 Å². The van der Waals surface area contributed by atoms with Gasteiger partial charge in [-0.2, -0.15) is 0 Å². The number of aromatic carboxylic acids is 1. The molecule has 3 aromatic rings. The summed E-state index contributed by atoms with van der Waals surface area (Å²) in [6.07, 6.45) is 0.933. The lowest BCUT2D eigenvalue weighted by Crippen LogP contribution is -2.52. The van der Waals surface area contributed by atoms with Crippen molar-refractivity contribution in [2.24, 2.45) is 0 Å². The van der Waals surface area contributed by atoms with Crippen LogP contribution in [0.5, 0.6) is 0 Å². The fourth-order valence-electron chi connectivity index (χ4n) is 4.66. The van der Waals surface area contributed by atoms with Gasteiger partial charge in [-0.3, -0.25) is 4.79 Å². The molecule has 1 aromatic heterocycles. The Morgan fingerprint density at radius 1 is 1.09 bits per heavy atom. The smallest absolute Gasteiger partial charge is 0.407 e. The molecule has 0 bridgehead atoms. The number of aromatic nitrogens is 3. The molecule has 1 saturated heterocycles. The van der Waals surface area contributed by atoms with Gasteiger partial charge in [0.05, 0.1) is 12.2 Å². The minimum atomic E-state index is -1.14. The highest BCUT2D eigenvalue weighted by Crippen LogP contribution is 2.44. The number of fused-ring (bicyclic) bond motifs is 3. The maximum Gasteiger partial charge on any atom is 0.407 e. The maximum absolute atomic E-state index is 12.5. The Morgan fingerprint density at radius 2 is 1.71 bits per heavy atom. The van der Waals surface area contributed by atoms with E-state index in [0.29, 0.717) is 13.1 Å². The van der Waals surface area contributed by atoms with Gasteiger partial charge in [-0.15, -0.1) is 5.10 Å². The van der Waals surface area contributed by atoms with Crippen molar-refractivity contribution in [1.82, 2.24) is 25.2 Å². The van der Waals surface area contributed by atoms with E-state index >= 15 is 0 Å². The Morgan fingerprint density at radius 3 is 2.31 bits per heavy atom. The average Bonchev–Trinajstić information content (AvgIpc) is 3.40. The van der Waals surface area contributed by atoms with Crippen LogP contribution in [0.25, 0.3) is 11.1 Å². The molecule has 2 heterocycles. The number of nitrogens with zero attached hydrogens (tertiary/aromatic N) is 4. The second-order valence-corrected chi connectivity index (χ2v) is 8.92. The Hall–Kier alpha value is -4.21. The van der Waals surface area contributed by atoms with Gasteiger partial charge in [-0.05, 0) is 29.2 Å². The molecule has 10 heteroatoms. The zero-order valence-corrected chi connectivity index (χ0v) is 19.1. The van der Waals surface area contributed by atoms with E-state index in [-0.39, 0.29) is 36.6 Å². The number of nitrogens with one attached hydrogen (secondary N) is 1. The summed E-state index contributed by atoms with van der Waals surface area (Å²) in [4.78, 5) is 37.6. The average molecular weight is 476 g/mol. The van der Waals surface area contributed by atoms with E-state index in [1.54, 1.807) is 11.8 Å². The number of amides is 2. The summed E-state index contributed by atoms with van der Waals surface area (Å²) in [5.41, 5.74) is 4.47. The van der Waals surface area contributed by atoms with Crippen LogP contribution in [0.4, 0.5) is 4.79 Å². The summed E-state index contributed by atoms with van der Waals surface area (Å²) in [7, 11) is 0. The van der Waals surface area contributed by atoms with Crippen molar-refractivity contribution in [3.8, 4) is 11.1 Å². The number of ether oxygens (including phenoxy) is 1. The van der Waals surface area contributed by atoms with Crippen molar-refractivity contribution < 1.29 is 24.2 Å². The Balaban J connectivity index is 1.09. The molecule has 2 N–H and O–H groups in total. The fourth-order valence-corrected chi connectivity index (χ4v) is 4.66. The third kappa shape index (κ3) is 4.46. The normalized spacial score (nSPS) is 15.6. The van der Waals surface area contributed by atoms with Gasteiger partial charge in [-0.25, -0.2) is 14.3 Å². The van der Waals surface area contributed by atoms with Gasteiger partial charge in [0.15, 0.2) is 5.69 Å². The molecule has 2 amide bonds. The quantitative estimate of drug-likeness (QED) is 0.538. The summed E-state index contributed by atoms with van der Waals surface area (Å²) in [6, 6.07) is 15.8. The van der Waals surface area contributed by atoms with Crippen LogP contribution < -0.4 is 5.32 Å². The van der Waals surface area contributed by atoms with Crippen molar-refractivity contribution >= 4 is 18.0 Å². The predicted octanol–water partition coefficient (Wildman–Crippen LogP) is 2.68. The number of benzene rings is 2. The molecule has 0 spiro atoms. The largest absolute Gasteiger partial charge is 0.476 e. The van der Waals surface area contributed by atoms with Crippen LogP contribution in [0.2, 0.25) is 0 Å². The number of carboxylic acids is 1. The number of carbonyl (C=O) groups excluding carboxylic acids is 2. The molecular weight excluding hydrogens is 450 g/mol. The van der Waals surface area contributed by atoms with Crippen LogP contribution in [0.1, 0.15) is 46.9 Å². The summed E-state index contributed by atoms with van der Waals surface area (Å²) in [5, 5.41) is 19.1. The standard InChI is InChI=1S/C25H25N5O5/c1-15(10-23(31)29-11-16(12-29)30-13-22(24(32)33)27-28-30)26-25(34)35-14-21-19-8-4-2-6-17(19)18-7-3-5-9-20(18)21/h2-9,13,15-16,21H,10-12,14H2,1H3,(H,26,34)(H,32,33). The monoisotopic (exact) mass is 475 g/mol. The topological polar surface area (TPSA) is 127 Å². The zero-order valence-electron chi connectivity index (χ0n) is 19.1. The van der Waals surface area contributed by atoms with Gasteiger partial charge < -0.3 is 20.1 Å². The van der Waals surface area contributed by atoms with E-state index in [9.17, 15) is 14.4 Å². The molecule has 0 saturated carbocycles.